The quantitative estimate of drug-likeness (QED) is 0.421. The maximum Gasteiger partial charge on any atom is 0.127 e. The van der Waals surface area contributed by atoms with E-state index in [-0.39, 0.29) is 5.60 Å². The largest absolute Gasteiger partial charge is 0.488 e. The Labute approximate surface area is 159 Å². The minimum absolute atomic E-state index is 0.166. The van der Waals surface area contributed by atoms with E-state index in [1.54, 1.807) is 24.3 Å². The van der Waals surface area contributed by atoms with Crippen LogP contribution in [0.2, 0.25) is 0 Å². The van der Waals surface area contributed by atoms with Gasteiger partial charge in [-0.1, -0.05) is 31.2 Å². The first-order valence-corrected chi connectivity index (χ1v) is 9.00. The van der Waals surface area contributed by atoms with Gasteiger partial charge >= 0.3 is 0 Å². The van der Waals surface area contributed by atoms with E-state index in [9.17, 15) is 4.91 Å². The van der Waals surface area contributed by atoms with Gasteiger partial charge in [-0.3, -0.25) is 0 Å². The van der Waals surface area contributed by atoms with Crippen molar-refractivity contribution in [2.45, 2.75) is 32.8 Å². The Morgan fingerprint density at radius 3 is 1.63 bits per heavy atom. The molecule has 0 N–H and O–H groups in total. The zero-order valence-corrected chi connectivity index (χ0v) is 15.8. The number of ether oxygens (including phenoxy) is 2. The minimum atomic E-state index is -0.166. The van der Waals surface area contributed by atoms with Crippen LogP contribution in [0.5, 0.6) is 17.2 Å². The van der Waals surface area contributed by atoms with Crippen LogP contribution in [0.1, 0.15) is 27.2 Å². The molecule has 0 atom stereocenters. The lowest BCUT2D eigenvalue weighted by Crippen LogP contribution is -2.26. The molecule has 0 radical (unpaired) electrons. The van der Waals surface area contributed by atoms with E-state index in [1.165, 1.54) is 0 Å². The molecule has 0 amide bonds. The molecule has 0 saturated carbocycles. The molecule has 0 bridgehead atoms. The lowest BCUT2D eigenvalue weighted by atomic mass is 10.0. The summed E-state index contributed by atoms with van der Waals surface area (Å²) in [7, 11) is 0. The summed E-state index contributed by atoms with van der Waals surface area (Å²) in [6.07, 6.45) is 0.949. The van der Waals surface area contributed by atoms with Gasteiger partial charge in [0.15, 0.2) is 0 Å². The number of nitrogens with zero attached hydrogens (tertiary/aromatic N) is 1. The van der Waals surface area contributed by atoms with Crippen molar-refractivity contribution in [1.29, 1.82) is 0 Å². The monoisotopic (exact) mass is 361 g/mol. The van der Waals surface area contributed by atoms with Crippen molar-refractivity contribution in [2.24, 2.45) is 5.18 Å². The first-order valence-electron chi connectivity index (χ1n) is 9.00. The summed E-state index contributed by atoms with van der Waals surface area (Å²) < 4.78 is 11.8. The van der Waals surface area contributed by atoms with Crippen LogP contribution in [0.25, 0.3) is 11.1 Å². The van der Waals surface area contributed by atoms with Crippen molar-refractivity contribution in [1.82, 2.24) is 0 Å². The molecule has 3 aromatic carbocycles. The molecule has 27 heavy (non-hydrogen) atoms. The molecule has 138 valence electrons. The third-order valence-electron chi connectivity index (χ3n) is 4.47. The molecule has 3 rings (SSSR count). The average molecular weight is 361 g/mol. The van der Waals surface area contributed by atoms with Crippen molar-refractivity contribution in [2.75, 3.05) is 0 Å². The van der Waals surface area contributed by atoms with Crippen LogP contribution in [0.3, 0.4) is 0 Å². The van der Waals surface area contributed by atoms with Crippen LogP contribution < -0.4 is 9.47 Å². The van der Waals surface area contributed by atoms with Gasteiger partial charge < -0.3 is 9.47 Å². The van der Waals surface area contributed by atoms with Gasteiger partial charge in [-0.2, -0.15) is 0 Å². The Kier molecular flexibility index (Phi) is 5.55. The highest BCUT2D eigenvalue weighted by Crippen LogP contribution is 2.29. The summed E-state index contributed by atoms with van der Waals surface area (Å²) in [5.41, 5.74) is 2.43. The van der Waals surface area contributed by atoms with Crippen molar-refractivity contribution in [3.05, 3.63) is 77.7 Å². The molecule has 0 saturated heterocycles. The molecule has 0 heterocycles. The van der Waals surface area contributed by atoms with Gasteiger partial charge in [0, 0.05) is 0 Å². The second-order valence-corrected chi connectivity index (χ2v) is 6.95. The summed E-state index contributed by atoms with van der Waals surface area (Å²) >= 11 is 0. The lowest BCUT2D eigenvalue weighted by molar-refractivity contribution is 0.105. The van der Waals surface area contributed by atoms with Crippen LogP contribution in [-0.4, -0.2) is 5.60 Å². The first-order chi connectivity index (χ1) is 13.0. The fraction of sp³-hybridized carbons (Fsp3) is 0.217. The predicted octanol–water partition coefficient (Wildman–Crippen LogP) is 7.11. The molecule has 0 aliphatic carbocycles. The summed E-state index contributed by atoms with van der Waals surface area (Å²) in [6.45, 7) is 6.29. The second kappa shape index (κ2) is 8.04. The zero-order chi connectivity index (χ0) is 19.3. The Morgan fingerprint density at radius 1 is 0.741 bits per heavy atom. The number of nitroso groups, excluding NO2 is 1. The Hall–Kier alpha value is -3.14. The molecular weight excluding hydrogens is 338 g/mol. The Morgan fingerprint density at radius 2 is 1.19 bits per heavy atom. The van der Waals surface area contributed by atoms with E-state index >= 15 is 0 Å². The van der Waals surface area contributed by atoms with Crippen molar-refractivity contribution in [3.63, 3.8) is 0 Å². The molecule has 4 nitrogen and oxygen atoms in total. The molecule has 0 aliphatic heterocycles. The predicted molar refractivity (Wildman–Crippen MR) is 109 cm³/mol. The van der Waals surface area contributed by atoms with E-state index in [4.69, 9.17) is 9.47 Å². The molecule has 4 heteroatoms. The normalized spacial score (nSPS) is 11.1. The van der Waals surface area contributed by atoms with Crippen LogP contribution in [0.4, 0.5) is 5.69 Å². The number of hydrogen-bond acceptors (Lipinski definition) is 4. The average Bonchev–Trinajstić information content (AvgIpc) is 2.70. The van der Waals surface area contributed by atoms with Gasteiger partial charge in [0.25, 0.3) is 0 Å². The molecule has 0 aliphatic rings. The zero-order valence-electron chi connectivity index (χ0n) is 15.8. The Balaban J connectivity index is 1.68. The molecule has 0 spiro atoms. The van der Waals surface area contributed by atoms with Gasteiger partial charge in [-0.05, 0) is 85.1 Å². The van der Waals surface area contributed by atoms with Crippen molar-refractivity contribution < 1.29 is 9.47 Å². The summed E-state index contributed by atoms with van der Waals surface area (Å²) in [5, 5.41) is 2.88. The van der Waals surface area contributed by atoms with Crippen molar-refractivity contribution in [3.8, 4) is 28.4 Å². The van der Waals surface area contributed by atoms with Crippen LogP contribution in [-0.2, 0) is 0 Å². The maximum atomic E-state index is 10.5. The highest BCUT2D eigenvalue weighted by atomic mass is 16.5. The van der Waals surface area contributed by atoms with E-state index in [0.29, 0.717) is 11.4 Å². The molecule has 3 aromatic rings. The van der Waals surface area contributed by atoms with Gasteiger partial charge in [0.05, 0.1) is 0 Å². The highest BCUT2D eigenvalue weighted by Gasteiger charge is 2.16. The number of rotatable bonds is 7. The van der Waals surface area contributed by atoms with E-state index in [1.807, 2.05) is 36.4 Å². The number of hydrogen-bond donors (Lipinski definition) is 0. The summed E-state index contributed by atoms with van der Waals surface area (Å²) in [5.74, 6) is 2.27. The third kappa shape index (κ3) is 4.94. The SMILES string of the molecule is CCC(C)(C)Oc1ccc(-c2ccc(Oc3ccc(N=O)cc3)cc2)cc1. The fourth-order valence-corrected chi connectivity index (χ4v) is 2.53. The summed E-state index contributed by atoms with van der Waals surface area (Å²) in [4.78, 5) is 10.5. The molecule has 0 unspecified atom stereocenters. The van der Waals surface area contributed by atoms with E-state index < -0.39 is 0 Å². The van der Waals surface area contributed by atoms with Gasteiger partial charge in [0.2, 0.25) is 0 Å². The lowest BCUT2D eigenvalue weighted by Gasteiger charge is -2.24. The summed E-state index contributed by atoms with van der Waals surface area (Å²) in [6, 6.07) is 22.7. The molecule has 0 fully saturated rings. The van der Waals surface area contributed by atoms with Crippen LogP contribution in [0.15, 0.2) is 78.0 Å². The molecular formula is C23H23NO3. The second-order valence-electron chi connectivity index (χ2n) is 6.95. The van der Waals surface area contributed by atoms with Crippen molar-refractivity contribution >= 4 is 5.69 Å². The maximum absolute atomic E-state index is 10.5. The third-order valence-corrected chi connectivity index (χ3v) is 4.47. The van der Waals surface area contributed by atoms with E-state index in [2.05, 4.69) is 38.1 Å². The van der Waals surface area contributed by atoms with E-state index in [0.717, 1.165) is 29.0 Å². The van der Waals surface area contributed by atoms with Gasteiger partial charge in [0.1, 0.15) is 28.5 Å². The minimum Gasteiger partial charge on any atom is -0.488 e. The standard InChI is InChI=1S/C23H23NO3/c1-4-23(2,3)27-22-13-7-18(8-14-22)17-5-11-20(12-6-17)26-21-15-9-19(24-25)10-16-21/h5-16H,4H2,1-3H3. The first kappa shape index (κ1) is 18.6. The van der Waals surface area contributed by atoms with Crippen LogP contribution in [0, 0.1) is 4.91 Å². The van der Waals surface area contributed by atoms with Gasteiger partial charge in [-0.15, -0.1) is 4.91 Å². The topological polar surface area (TPSA) is 47.9 Å². The van der Waals surface area contributed by atoms with Crippen LogP contribution >= 0.6 is 0 Å². The van der Waals surface area contributed by atoms with Gasteiger partial charge in [-0.25, -0.2) is 0 Å². The highest BCUT2D eigenvalue weighted by molar-refractivity contribution is 5.65. The Bertz CT molecular complexity index is 882. The smallest absolute Gasteiger partial charge is 0.127 e. The number of benzene rings is 3. The fourth-order valence-electron chi connectivity index (χ4n) is 2.53. The molecule has 0 aromatic heterocycles.